The summed E-state index contributed by atoms with van der Waals surface area (Å²) in [5, 5.41) is 0. The van der Waals surface area contributed by atoms with Crippen LogP contribution in [0.25, 0.3) is 0 Å². The molecule has 2 aromatic carbocycles. The molecule has 1 amide bonds. The molecule has 0 aliphatic carbocycles. The van der Waals surface area contributed by atoms with Gasteiger partial charge in [0.15, 0.2) is 0 Å². The molecule has 1 heterocycles. The average Bonchev–Trinajstić information content (AvgIpc) is 2.58. The van der Waals surface area contributed by atoms with E-state index in [1.807, 2.05) is 60.7 Å². The molecule has 4 heteroatoms. The summed E-state index contributed by atoms with van der Waals surface area (Å²) < 4.78 is 5.58. The third-order valence-electron chi connectivity index (χ3n) is 2.64. The number of aromatic nitrogens is 1. The van der Waals surface area contributed by atoms with Crippen LogP contribution in [-0.2, 0) is 0 Å². The molecule has 3 aromatic rings. The van der Waals surface area contributed by atoms with Gasteiger partial charge in [0.2, 0.25) is 0 Å². The molecule has 0 fully saturated rings. The molecular weight excluding hydrogens is 276 g/mol. The first-order chi connectivity index (χ1) is 10.8. The number of nitrogens with two attached hydrogens (primary N) is 1. The first kappa shape index (κ1) is 15.3. The smallest absolute Gasteiger partial charge is 0.267 e. The van der Waals surface area contributed by atoms with E-state index in [-0.39, 0.29) is 0 Å². The van der Waals surface area contributed by atoms with Crippen molar-refractivity contribution in [1.29, 1.82) is 0 Å². The normalized spacial score (nSPS) is 9.27. The molecule has 0 saturated carbocycles. The highest BCUT2D eigenvalue weighted by atomic mass is 16.5. The third-order valence-corrected chi connectivity index (χ3v) is 2.64. The minimum Gasteiger partial charge on any atom is -0.457 e. The fraction of sp³-hybridized carbons (Fsp3) is 0. The Morgan fingerprint density at radius 2 is 1.27 bits per heavy atom. The number of hydrogen-bond acceptors (Lipinski definition) is 3. The maximum atomic E-state index is 10.4. The molecule has 0 radical (unpaired) electrons. The van der Waals surface area contributed by atoms with Crippen LogP contribution in [0.2, 0.25) is 0 Å². The summed E-state index contributed by atoms with van der Waals surface area (Å²) >= 11 is 0. The fourth-order valence-corrected chi connectivity index (χ4v) is 1.62. The van der Waals surface area contributed by atoms with Crippen molar-refractivity contribution in [2.45, 2.75) is 0 Å². The average molecular weight is 292 g/mol. The Morgan fingerprint density at radius 3 is 1.64 bits per heavy atom. The quantitative estimate of drug-likeness (QED) is 0.801. The van der Waals surface area contributed by atoms with Crippen molar-refractivity contribution in [2.24, 2.45) is 5.73 Å². The molecule has 0 saturated heterocycles. The highest BCUT2D eigenvalue weighted by Crippen LogP contribution is 2.19. The van der Waals surface area contributed by atoms with Gasteiger partial charge in [-0.05, 0) is 36.4 Å². The van der Waals surface area contributed by atoms with Gasteiger partial charge in [-0.1, -0.05) is 42.5 Å². The van der Waals surface area contributed by atoms with E-state index in [9.17, 15) is 4.79 Å². The number of nitrogens with zero attached hydrogens (tertiary/aromatic N) is 1. The summed E-state index contributed by atoms with van der Waals surface area (Å²) in [6, 6.07) is 24.5. The van der Waals surface area contributed by atoms with E-state index in [2.05, 4.69) is 4.98 Å². The highest BCUT2D eigenvalue weighted by Gasteiger charge is 1.96. The van der Waals surface area contributed by atoms with Gasteiger partial charge in [0.05, 0.1) is 0 Å². The second-order valence-electron chi connectivity index (χ2n) is 4.31. The molecule has 2 N–H and O–H groups in total. The molecule has 4 nitrogen and oxygen atoms in total. The Balaban J connectivity index is 0.000000172. The Bertz CT molecular complexity index is 649. The van der Waals surface area contributed by atoms with Crippen molar-refractivity contribution in [3.05, 3.63) is 90.8 Å². The highest BCUT2D eigenvalue weighted by molar-refractivity contribution is 5.90. The lowest BCUT2D eigenvalue weighted by atomic mass is 10.3. The minimum atomic E-state index is -0.490. The largest absolute Gasteiger partial charge is 0.457 e. The van der Waals surface area contributed by atoms with Crippen LogP contribution >= 0.6 is 0 Å². The summed E-state index contributed by atoms with van der Waals surface area (Å²) in [6.45, 7) is 0. The Hall–Kier alpha value is -3.14. The maximum absolute atomic E-state index is 10.4. The van der Waals surface area contributed by atoms with Gasteiger partial charge >= 0.3 is 0 Å². The van der Waals surface area contributed by atoms with E-state index in [0.29, 0.717) is 5.69 Å². The van der Waals surface area contributed by atoms with Gasteiger partial charge in [-0.15, -0.1) is 0 Å². The van der Waals surface area contributed by atoms with E-state index in [1.54, 1.807) is 18.2 Å². The minimum absolute atomic E-state index is 0.303. The van der Waals surface area contributed by atoms with Gasteiger partial charge in [0.1, 0.15) is 17.2 Å². The lowest BCUT2D eigenvalue weighted by molar-refractivity contribution is 0.0995. The van der Waals surface area contributed by atoms with Crippen LogP contribution in [0.4, 0.5) is 0 Å². The first-order valence-corrected chi connectivity index (χ1v) is 6.74. The number of carbonyl (C=O) groups is 1. The van der Waals surface area contributed by atoms with Crippen LogP contribution in [0.15, 0.2) is 85.1 Å². The molecule has 0 aliphatic heterocycles. The van der Waals surface area contributed by atoms with Gasteiger partial charge in [0.25, 0.3) is 5.91 Å². The topological polar surface area (TPSA) is 65.2 Å². The third kappa shape index (κ3) is 5.09. The first-order valence-electron chi connectivity index (χ1n) is 6.74. The lowest BCUT2D eigenvalue weighted by Crippen LogP contribution is -2.12. The van der Waals surface area contributed by atoms with E-state index < -0.39 is 5.91 Å². The summed E-state index contributed by atoms with van der Waals surface area (Å²) in [7, 11) is 0. The molecule has 3 rings (SSSR count). The van der Waals surface area contributed by atoms with Crippen LogP contribution in [-0.4, -0.2) is 10.9 Å². The summed E-state index contributed by atoms with van der Waals surface area (Å²) in [6.07, 6.45) is 1.53. The fourth-order valence-electron chi connectivity index (χ4n) is 1.62. The van der Waals surface area contributed by atoms with Crippen molar-refractivity contribution in [1.82, 2.24) is 4.98 Å². The molecule has 0 atom stereocenters. The predicted molar refractivity (Wildman–Crippen MR) is 85.7 cm³/mol. The molecule has 110 valence electrons. The van der Waals surface area contributed by atoms with Crippen molar-refractivity contribution in [3.63, 3.8) is 0 Å². The number of amides is 1. The Morgan fingerprint density at radius 1 is 0.773 bits per heavy atom. The zero-order valence-electron chi connectivity index (χ0n) is 11.9. The van der Waals surface area contributed by atoms with Crippen molar-refractivity contribution >= 4 is 5.91 Å². The second-order valence-corrected chi connectivity index (χ2v) is 4.31. The van der Waals surface area contributed by atoms with Crippen LogP contribution < -0.4 is 10.5 Å². The summed E-state index contributed by atoms with van der Waals surface area (Å²) in [5.74, 6) is 1.25. The van der Waals surface area contributed by atoms with E-state index in [0.717, 1.165) is 11.5 Å². The van der Waals surface area contributed by atoms with E-state index >= 15 is 0 Å². The number of pyridine rings is 1. The van der Waals surface area contributed by atoms with E-state index in [4.69, 9.17) is 10.5 Å². The number of hydrogen-bond donors (Lipinski definition) is 1. The van der Waals surface area contributed by atoms with Crippen LogP contribution in [0.5, 0.6) is 11.5 Å². The number of ether oxygens (including phenoxy) is 1. The molecule has 0 unspecified atom stereocenters. The predicted octanol–water partition coefficient (Wildman–Crippen LogP) is 3.66. The standard InChI is InChI=1S/C12H10O.C6H6N2O/c1-3-7-11(8-4-1)13-12-9-5-2-6-10-12;7-6(9)5-3-1-2-4-8-5/h1-10H;1-4H,(H2,7,9). The molecular formula is C18H16N2O2. The molecule has 0 aliphatic rings. The van der Waals surface area contributed by atoms with Crippen LogP contribution in [0, 0.1) is 0 Å². The molecule has 1 aromatic heterocycles. The molecule has 0 spiro atoms. The van der Waals surface area contributed by atoms with Gasteiger partial charge in [-0.25, -0.2) is 0 Å². The van der Waals surface area contributed by atoms with Gasteiger partial charge < -0.3 is 10.5 Å². The summed E-state index contributed by atoms with van der Waals surface area (Å²) in [4.78, 5) is 14.1. The van der Waals surface area contributed by atoms with Gasteiger partial charge in [0, 0.05) is 6.20 Å². The van der Waals surface area contributed by atoms with Crippen LogP contribution in [0.3, 0.4) is 0 Å². The number of para-hydroxylation sites is 2. The zero-order valence-corrected chi connectivity index (χ0v) is 11.9. The van der Waals surface area contributed by atoms with Crippen LogP contribution in [0.1, 0.15) is 10.5 Å². The van der Waals surface area contributed by atoms with Gasteiger partial charge in [-0.3, -0.25) is 9.78 Å². The second kappa shape index (κ2) is 8.21. The van der Waals surface area contributed by atoms with Gasteiger partial charge in [-0.2, -0.15) is 0 Å². The lowest BCUT2D eigenvalue weighted by Gasteiger charge is -2.03. The Labute approximate surface area is 129 Å². The SMILES string of the molecule is NC(=O)c1ccccn1.c1ccc(Oc2ccccc2)cc1. The monoisotopic (exact) mass is 292 g/mol. The molecule has 22 heavy (non-hydrogen) atoms. The van der Waals surface area contributed by atoms with E-state index in [1.165, 1.54) is 6.20 Å². The van der Waals surface area contributed by atoms with Crippen molar-refractivity contribution in [2.75, 3.05) is 0 Å². The summed E-state index contributed by atoms with van der Waals surface area (Å²) in [5.41, 5.74) is 5.22. The van der Waals surface area contributed by atoms with Crippen molar-refractivity contribution < 1.29 is 9.53 Å². The Kier molecular flexibility index (Phi) is 5.70. The number of benzene rings is 2. The van der Waals surface area contributed by atoms with Crippen molar-refractivity contribution in [3.8, 4) is 11.5 Å². The molecule has 0 bridgehead atoms. The number of rotatable bonds is 3. The zero-order chi connectivity index (χ0) is 15.6. The number of primary amides is 1. The maximum Gasteiger partial charge on any atom is 0.267 e. The number of carbonyl (C=O) groups excluding carboxylic acids is 1.